The number of nitrogens with zero attached hydrogens (tertiary/aromatic N) is 10. The molecular weight excluding hydrogens is 885 g/mol. The van der Waals surface area contributed by atoms with Crippen molar-refractivity contribution in [2.24, 2.45) is 0 Å². The Hall–Kier alpha value is -9.07. The Morgan fingerprint density at radius 3 is 1.53 bits per heavy atom. The van der Waals surface area contributed by atoms with E-state index in [1.165, 1.54) is 0 Å². The van der Waals surface area contributed by atoms with Crippen LogP contribution in [0.2, 0.25) is 0 Å². The van der Waals surface area contributed by atoms with E-state index < -0.39 is 0 Å². The lowest BCUT2D eigenvalue weighted by atomic mass is 10.1. The van der Waals surface area contributed by atoms with Gasteiger partial charge < -0.3 is 36.1 Å². The predicted octanol–water partition coefficient (Wildman–Crippen LogP) is 7.74. The van der Waals surface area contributed by atoms with Crippen molar-refractivity contribution < 1.29 is 14.3 Å². The molecule has 8 N–H and O–H groups in total. The maximum absolute atomic E-state index is 12.5. The second-order valence-corrected chi connectivity index (χ2v) is 16.3. The van der Waals surface area contributed by atoms with E-state index in [9.17, 15) is 4.79 Å². The van der Waals surface area contributed by atoms with Crippen molar-refractivity contribution in [1.82, 2.24) is 49.1 Å². The topological polar surface area (TPSA) is 236 Å². The Kier molecular flexibility index (Phi) is 13.3. The first kappa shape index (κ1) is 44.7. The molecule has 8 aromatic heterocycles. The zero-order chi connectivity index (χ0) is 47.7. The Bertz CT molecular complexity index is 3290. The molecule has 0 unspecified atom stereocenters. The molecule has 0 spiro atoms. The molecule has 10 aromatic rings. The number of rotatable bonds is 8. The lowest BCUT2D eigenvalue weighted by Gasteiger charge is -2.29. The average molecular weight is 935 g/mol. The number of carbonyl (C=O) groups excluding carboxylic acids is 1. The second-order valence-electron chi connectivity index (χ2n) is 16.3. The third kappa shape index (κ3) is 10.5. The van der Waals surface area contributed by atoms with Gasteiger partial charge >= 0.3 is 6.03 Å². The minimum absolute atomic E-state index is 0.376. The molecule has 0 atom stereocenters. The molecule has 2 saturated heterocycles. The Balaban J connectivity index is 0.000000140. The van der Waals surface area contributed by atoms with Crippen LogP contribution in [0.4, 0.5) is 39.4 Å². The van der Waals surface area contributed by atoms with Gasteiger partial charge in [-0.1, -0.05) is 36.4 Å². The molecule has 2 amide bonds. The molecule has 0 saturated carbocycles. The van der Waals surface area contributed by atoms with Crippen LogP contribution < -0.4 is 31.9 Å². The van der Waals surface area contributed by atoms with Gasteiger partial charge in [-0.2, -0.15) is 10.2 Å². The van der Waals surface area contributed by atoms with E-state index in [-0.39, 0.29) is 6.03 Å². The van der Waals surface area contributed by atoms with Crippen molar-refractivity contribution >= 4 is 52.0 Å². The number of ether oxygens (including phenoxy) is 2. The van der Waals surface area contributed by atoms with Crippen LogP contribution >= 0.6 is 0 Å². The van der Waals surface area contributed by atoms with Crippen molar-refractivity contribution in [1.29, 1.82) is 0 Å². The fourth-order valence-electron chi connectivity index (χ4n) is 8.11. The normalized spacial score (nSPS) is 13.5. The average Bonchev–Trinajstić information content (AvgIpc) is 4.25. The lowest BCUT2D eigenvalue weighted by molar-refractivity contribution is 0.122. The van der Waals surface area contributed by atoms with E-state index in [0.29, 0.717) is 17.3 Å². The fraction of sp³-hybridized carbons (Fsp3) is 0.157. The highest BCUT2D eigenvalue weighted by Crippen LogP contribution is 2.27. The minimum atomic E-state index is -0.376. The van der Waals surface area contributed by atoms with Gasteiger partial charge in [0.2, 0.25) is 0 Å². The van der Waals surface area contributed by atoms with Gasteiger partial charge in [0.1, 0.15) is 28.7 Å². The van der Waals surface area contributed by atoms with E-state index in [0.717, 1.165) is 126 Å². The van der Waals surface area contributed by atoms with E-state index in [1.54, 1.807) is 36.9 Å². The van der Waals surface area contributed by atoms with Gasteiger partial charge in [-0.25, -0.2) is 14.8 Å². The molecule has 352 valence electrons. The molecule has 2 aliphatic heterocycles. The van der Waals surface area contributed by atoms with E-state index in [1.807, 2.05) is 97.2 Å². The van der Waals surface area contributed by atoms with Crippen LogP contribution in [0, 0.1) is 0 Å². The van der Waals surface area contributed by atoms with Crippen LogP contribution in [0.3, 0.4) is 0 Å². The van der Waals surface area contributed by atoms with Crippen LogP contribution in [-0.4, -0.2) is 108 Å². The number of amides is 2. The summed E-state index contributed by atoms with van der Waals surface area (Å²) in [6.45, 7) is 6.55. The molecule has 12 rings (SSSR count). The van der Waals surface area contributed by atoms with Crippen LogP contribution in [0.1, 0.15) is 0 Å². The van der Waals surface area contributed by atoms with Crippen LogP contribution in [0.5, 0.6) is 0 Å². The summed E-state index contributed by atoms with van der Waals surface area (Å²) >= 11 is 0. The molecule has 0 aliphatic carbocycles. The second kappa shape index (κ2) is 20.8. The third-order valence-electron chi connectivity index (χ3n) is 11.7. The number of nitrogen functional groups attached to an aromatic ring is 2. The Labute approximate surface area is 402 Å². The van der Waals surface area contributed by atoms with Crippen molar-refractivity contribution in [2.45, 2.75) is 0 Å². The molecule has 2 aliphatic rings. The SMILES string of the molecule is Nc1cc(-c2ccncc2)[nH]n1.Nc1ccc(-c2cn3c(N4CCOCC4)cccc3n2)cc1.O=C(Nc1ccc(-c2cn3c(N4CCOCC4)cccc3n2)cc1)Nc1cc(-c2ccncc2)[nH]n1. The number of H-pyrrole nitrogens is 2. The molecular formula is C51H50N16O3. The van der Waals surface area contributed by atoms with Gasteiger partial charge in [0.15, 0.2) is 5.82 Å². The molecule has 19 nitrogen and oxygen atoms in total. The number of nitrogens with two attached hydrogens (primary N) is 2. The molecule has 70 heavy (non-hydrogen) atoms. The summed E-state index contributed by atoms with van der Waals surface area (Å²) < 4.78 is 15.2. The predicted molar refractivity (Wildman–Crippen MR) is 272 cm³/mol. The number of carbonyl (C=O) groups is 1. The van der Waals surface area contributed by atoms with E-state index in [4.69, 9.17) is 30.9 Å². The summed E-state index contributed by atoms with van der Waals surface area (Å²) in [7, 11) is 0. The number of urea groups is 1. The first-order valence-electron chi connectivity index (χ1n) is 22.7. The van der Waals surface area contributed by atoms with Crippen molar-refractivity contribution in [3.8, 4) is 45.0 Å². The molecule has 2 aromatic carbocycles. The van der Waals surface area contributed by atoms with Crippen LogP contribution in [0.25, 0.3) is 56.3 Å². The molecule has 2 fully saturated rings. The Morgan fingerprint density at radius 2 is 1.03 bits per heavy atom. The zero-order valence-electron chi connectivity index (χ0n) is 38.0. The number of fused-ring (bicyclic) bond motifs is 2. The van der Waals surface area contributed by atoms with Crippen molar-refractivity contribution in [3.05, 3.63) is 159 Å². The molecule has 0 radical (unpaired) electrons. The van der Waals surface area contributed by atoms with Crippen molar-refractivity contribution in [3.63, 3.8) is 0 Å². The number of pyridine rings is 4. The van der Waals surface area contributed by atoms with Crippen molar-refractivity contribution in [2.75, 3.05) is 84.5 Å². The number of hydrogen-bond acceptors (Lipinski definition) is 13. The maximum atomic E-state index is 12.5. The third-order valence-corrected chi connectivity index (χ3v) is 11.7. The number of imidazole rings is 2. The quantitative estimate of drug-likeness (QED) is 0.0801. The first-order chi connectivity index (χ1) is 34.4. The van der Waals surface area contributed by atoms with Gasteiger partial charge in [-0.3, -0.25) is 34.3 Å². The number of benzene rings is 2. The number of nitrogens with one attached hydrogen (secondary N) is 4. The molecule has 10 heterocycles. The highest BCUT2D eigenvalue weighted by Gasteiger charge is 2.17. The number of anilines is 6. The largest absolute Gasteiger partial charge is 0.399 e. The standard InChI is InChI=1S/C26H24N8O2.C17H18N4O.C8H8N4/c35-26(30-23-16-21(31-32-23)19-8-10-27-11-9-19)28-20-6-4-18(5-7-20)22-17-34-24(29-22)2-1-3-25(34)33-12-14-36-15-13-33;18-14-6-4-13(5-7-14)15-12-21-16(19-15)2-1-3-17(21)20-8-10-22-11-9-20;9-8-5-7(11-12-8)6-1-3-10-4-2-6/h1-11,16-17H,12-15H2,(H3,28,30,31,32,35);1-7,12H,8-11,18H2;1-5H,(H3,9,11,12). The van der Waals surface area contributed by atoms with Gasteiger partial charge in [-0.05, 0) is 72.8 Å². The van der Waals surface area contributed by atoms with Crippen LogP contribution in [0.15, 0.2) is 159 Å². The van der Waals surface area contributed by atoms with Gasteiger partial charge in [0.25, 0.3) is 0 Å². The number of aromatic nitrogens is 10. The molecule has 19 heteroatoms. The maximum Gasteiger partial charge on any atom is 0.324 e. The zero-order valence-corrected chi connectivity index (χ0v) is 38.0. The highest BCUT2D eigenvalue weighted by molar-refractivity contribution is 5.99. The minimum Gasteiger partial charge on any atom is -0.399 e. The summed E-state index contributed by atoms with van der Waals surface area (Å²) in [5.41, 5.74) is 22.0. The monoisotopic (exact) mass is 934 g/mol. The van der Waals surface area contributed by atoms with E-state index in [2.05, 4.69) is 84.0 Å². The summed E-state index contributed by atoms with van der Waals surface area (Å²) in [5.74, 6) is 3.20. The van der Waals surface area contributed by atoms with Crippen LogP contribution in [-0.2, 0) is 9.47 Å². The smallest absolute Gasteiger partial charge is 0.324 e. The highest BCUT2D eigenvalue weighted by atomic mass is 16.5. The lowest BCUT2D eigenvalue weighted by Crippen LogP contribution is -2.37. The summed E-state index contributed by atoms with van der Waals surface area (Å²) in [5, 5.41) is 19.3. The number of aromatic amines is 2. The van der Waals surface area contributed by atoms with Gasteiger partial charge in [0.05, 0.1) is 49.2 Å². The van der Waals surface area contributed by atoms with Gasteiger partial charge in [0, 0.05) is 109 Å². The summed E-state index contributed by atoms with van der Waals surface area (Å²) in [4.78, 5) is 34.6. The summed E-state index contributed by atoms with van der Waals surface area (Å²) in [6, 6.07) is 38.5. The Morgan fingerprint density at radius 1 is 0.543 bits per heavy atom. The number of hydrogen-bond donors (Lipinski definition) is 6. The fourth-order valence-corrected chi connectivity index (χ4v) is 8.11. The number of morpholine rings is 2. The first-order valence-corrected chi connectivity index (χ1v) is 22.7. The summed E-state index contributed by atoms with van der Waals surface area (Å²) in [6.07, 6.45) is 11.0. The van der Waals surface area contributed by atoms with E-state index >= 15 is 0 Å². The molecule has 0 bridgehead atoms. The van der Waals surface area contributed by atoms with Gasteiger partial charge in [-0.15, -0.1) is 0 Å².